The molecule has 21 heavy (non-hydrogen) atoms. The standard InChI is InChI=1S/C15H24N2O4/c1-3-20-13-6-4-5-12(7-8-16)15(13)21-11-14(18)17-9-10-19-2/h4-6H,3,7-11,16H2,1-2H3,(H,17,18). The lowest BCUT2D eigenvalue weighted by Crippen LogP contribution is -2.31. The number of ether oxygens (including phenoxy) is 3. The summed E-state index contributed by atoms with van der Waals surface area (Å²) in [6, 6.07) is 5.64. The van der Waals surface area contributed by atoms with Crippen LogP contribution in [0.4, 0.5) is 0 Å². The maximum absolute atomic E-state index is 11.7. The van der Waals surface area contributed by atoms with Crippen molar-refractivity contribution in [2.75, 3.05) is 40.0 Å². The van der Waals surface area contributed by atoms with Gasteiger partial charge in [-0.25, -0.2) is 0 Å². The molecule has 6 heteroatoms. The highest BCUT2D eigenvalue weighted by atomic mass is 16.5. The number of rotatable bonds is 10. The van der Waals surface area contributed by atoms with Crippen LogP contribution in [0.15, 0.2) is 18.2 Å². The van der Waals surface area contributed by atoms with E-state index in [0.29, 0.717) is 44.2 Å². The Bertz CT molecular complexity index is 413. The fraction of sp³-hybridized carbons (Fsp3) is 0.533. The molecular formula is C15H24N2O4. The van der Waals surface area contributed by atoms with Gasteiger partial charge in [-0.15, -0.1) is 0 Å². The van der Waals surface area contributed by atoms with Crippen LogP contribution in [0.25, 0.3) is 0 Å². The molecule has 0 heterocycles. The number of nitrogens with one attached hydrogen (secondary N) is 1. The molecule has 0 bridgehead atoms. The van der Waals surface area contributed by atoms with Gasteiger partial charge in [-0.1, -0.05) is 12.1 Å². The third-order valence-electron chi connectivity index (χ3n) is 2.75. The Labute approximate surface area is 125 Å². The van der Waals surface area contributed by atoms with Crippen molar-refractivity contribution in [2.24, 2.45) is 5.73 Å². The molecule has 0 spiro atoms. The van der Waals surface area contributed by atoms with E-state index < -0.39 is 0 Å². The van der Waals surface area contributed by atoms with E-state index in [4.69, 9.17) is 19.9 Å². The minimum Gasteiger partial charge on any atom is -0.490 e. The lowest BCUT2D eigenvalue weighted by atomic mass is 10.1. The zero-order chi connectivity index (χ0) is 15.5. The Morgan fingerprint density at radius 2 is 2.14 bits per heavy atom. The van der Waals surface area contributed by atoms with E-state index in [-0.39, 0.29) is 12.5 Å². The summed E-state index contributed by atoms with van der Waals surface area (Å²) < 4.78 is 16.0. The molecule has 0 radical (unpaired) electrons. The number of carbonyl (C=O) groups is 1. The zero-order valence-electron chi connectivity index (χ0n) is 12.7. The number of hydrogen-bond donors (Lipinski definition) is 2. The largest absolute Gasteiger partial charge is 0.490 e. The normalized spacial score (nSPS) is 10.2. The van der Waals surface area contributed by atoms with Crippen molar-refractivity contribution in [3.05, 3.63) is 23.8 Å². The summed E-state index contributed by atoms with van der Waals surface area (Å²) in [7, 11) is 1.58. The maximum atomic E-state index is 11.7. The quantitative estimate of drug-likeness (QED) is 0.622. The van der Waals surface area contributed by atoms with E-state index in [1.165, 1.54) is 0 Å². The van der Waals surface area contributed by atoms with Crippen LogP contribution in [0, 0.1) is 0 Å². The number of nitrogens with two attached hydrogens (primary N) is 1. The first kappa shape index (κ1) is 17.3. The van der Waals surface area contributed by atoms with Crippen molar-refractivity contribution >= 4 is 5.91 Å². The van der Waals surface area contributed by atoms with Crippen molar-refractivity contribution in [2.45, 2.75) is 13.3 Å². The van der Waals surface area contributed by atoms with Crippen LogP contribution in [0.3, 0.4) is 0 Å². The van der Waals surface area contributed by atoms with E-state index in [1.54, 1.807) is 7.11 Å². The molecule has 0 saturated carbocycles. The van der Waals surface area contributed by atoms with E-state index in [1.807, 2.05) is 25.1 Å². The van der Waals surface area contributed by atoms with E-state index >= 15 is 0 Å². The van der Waals surface area contributed by atoms with Gasteiger partial charge in [0.25, 0.3) is 5.91 Å². The molecule has 0 aliphatic rings. The average Bonchev–Trinajstić information content (AvgIpc) is 2.47. The molecule has 118 valence electrons. The molecule has 0 unspecified atom stereocenters. The topological polar surface area (TPSA) is 82.8 Å². The molecule has 0 aliphatic heterocycles. The second kappa shape index (κ2) is 10.0. The summed E-state index contributed by atoms with van der Waals surface area (Å²) in [5, 5.41) is 2.70. The Balaban J connectivity index is 2.68. The SMILES string of the molecule is CCOc1cccc(CCN)c1OCC(=O)NCCOC. The fourth-order valence-corrected chi connectivity index (χ4v) is 1.83. The van der Waals surface area contributed by atoms with Crippen LogP contribution < -0.4 is 20.5 Å². The van der Waals surface area contributed by atoms with Crippen molar-refractivity contribution in [1.29, 1.82) is 0 Å². The Morgan fingerprint density at radius 1 is 1.33 bits per heavy atom. The number of amides is 1. The molecule has 1 aromatic carbocycles. The van der Waals surface area contributed by atoms with Crippen molar-refractivity contribution in [1.82, 2.24) is 5.32 Å². The van der Waals surface area contributed by atoms with Gasteiger partial charge in [0.05, 0.1) is 13.2 Å². The molecule has 0 atom stereocenters. The maximum Gasteiger partial charge on any atom is 0.258 e. The monoisotopic (exact) mass is 296 g/mol. The number of benzene rings is 1. The minimum atomic E-state index is -0.197. The number of para-hydroxylation sites is 1. The van der Waals surface area contributed by atoms with Crippen LogP contribution in [-0.4, -0.2) is 45.9 Å². The molecule has 3 N–H and O–H groups in total. The summed E-state index contributed by atoms with van der Waals surface area (Å²) in [5.74, 6) is 1.02. The van der Waals surface area contributed by atoms with Crippen molar-refractivity contribution in [3.63, 3.8) is 0 Å². The summed E-state index contributed by atoms with van der Waals surface area (Å²) in [6.45, 7) is 3.80. The third kappa shape index (κ3) is 6.01. The Kier molecular flexibility index (Phi) is 8.23. The van der Waals surface area contributed by atoms with Gasteiger partial charge in [0.15, 0.2) is 18.1 Å². The van der Waals surface area contributed by atoms with Crippen LogP contribution >= 0.6 is 0 Å². The van der Waals surface area contributed by atoms with Gasteiger partial charge in [-0.2, -0.15) is 0 Å². The fourth-order valence-electron chi connectivity index (χ4n) is 1.83. The lowest BCUT2D eigenvalue weighted by Gasteiger charge is -2.15. The first-order chi connectivity index (χ1) is 10.2. The van der Waals surface area contributed by atoms with E-state index in [9.17, 15) is 4.79 Å². The average molecular weight is 296 g/mol. The van der Waals surface area contributed by atoms with Crippen molar-refractivity contribution < 1.29 is 19.0 Å². The molecule has 1 aromatic rings. The number of carbonyl (C=O) groups excluding carboxylic acids is 1. The Morgan fingerprint density at radius 3 is 2.81 bits per heavy atom. The molecule has 0 saturated heterocycles. The van der Waals surface area contributed by atoms with Crippen LogP contribution in [0.1, 0.15) is 12.5 Å². The summed E-state index contributed by atoms with van der Waals surface area (Å²) in [6.07, 6.45) is 0.668. The number of methoxy groups -OCH3 is 1. The summed E-state index contributed by atoms with van der Waals surface area (Å²) in [4.78, 5) is 11.7. The zero-order valence-corrected chi connectivity index (χ0v) is 12.7. The van der Waals surface area contributed by atoms with E-state index in [0.717, 1.165) is 5.56 Å². The predicted molar refractivity (Wildman–Crippen MR) is 80.8 cm³/mol. The molecular weight excluding hydrogens is 272 g/mol. The van der Waals surface area contributed by atoms with Crippen LogP contribution in [0.2, 0.25) is 0 Å². The van der Waals surface area contributed by atoms with Gasteiger partial charge in [0.2, 0.25) is 0 Å². The van der Waals surface area contributed by atoms with Crippen LogP contribution in [0.5, 0.6) is 11.5 Å². The molecule has 0 aromatic heterocycles. The van der Waals surface area contributed by atoms with Gasteiger partial charge < -0.3 is 25.3 Å². The highest BCUT2D eigenvalue weighted by molar-refractivity contribution is 5.77. The van der Waals surface area contributed by atoms with Crippen molar-refractivity contribution in [3.8, 4) is 11.5 Å². The highest BCUT2D eigenvalue weighted by Gasteiger charge is 2.12. The van der Waals surface area contributed by atoms with Gasteiger partial charge in [0, 0.05) is 13.7 Å². The molecule has 1 rings (SSSR count). The third-order valence-corrected chi connectivity index (χ3v) is 2.75. The second-order valence-corrected chi connectivity index (χ2v) is 4.35. The highest BCUT2D eigenvalue weighted by Crippen LogP contribution is 2.31. The molecule has 6 nitrogen and oxygen atoms in total. The Hall–Kier alpha value is -1.79. The molecule has 0 fully saturated rings. The molecule has 0 aliphatic carbocycles. The predicted octanol–water partition coefficient (Wildman–Crippen LogP) is 0.728. The van der Waals surface area contributed by atoms with Gasteiger partial charge in [-0.05, 0) is 31.5 Å². The lowest BCUT2D eigenvalue weighted by molar-refractivity contribution is -0.123. The first-order valence-electron chi connectivity index (χ1n) is 7.06. The van der Waals surface area contributed by atoms with Crippen LogP contribution in [-0.2, 0) is 16.0 Å². The smallest absolute Gasteiger partial charge is 0.258 e. The van der Waals surface area contributed by atoms with E-state index in [2.05, 4.69) is 5.32 Å². The summed E-state index contributed by atoms with van der Waals surface area (Å²) in [5.41, 5.74) is 6.54. The van der Waals surface area contributed by atoms with Gasteiger partial charge in [0.1, 0.15) is 0 Å². The first-order valence-corrected chi connectivity index (χ1v) is 7.06. The molecule has 1 amide bonds. The minimum absolute atomic E-state index is 0.0641. The number of hydrogen-bond acceptors (Lipinski definition) is 5. The van der Waals surface area contributed by atoms with Gasteiger partial charge in [-0.3, -0.25) is 4.79 Å². The summed E-state index contributed by atoms with van der Waals surface area (Å²) >= 11 is 0. The van der Waals surface area contributed by atoms with Gasteiger partial charge >= 0.3 is 0 Å². The second-order valence-electron chi connectivity index (χ2n) is 4.35.